The number of nitrogens with zero attached hydrogens (tertiary/aromatic N) is 2. The molecule has 1 heterocycles. The third-order valence-electron chi connectivity index (χ3n) is 2.78. The summed E-state index contributed by atoms with van der Waals surface area (Å²) in [5.41, 5.74) is 1.29. The molecule has 6 nitrogen and oxygen atoms in total. The molecule has 0 saturated carbocycles. The van der Waals surface area contributed by atoms with E-state index in [4.69, 9.17) is 4.52 Å². The lowest BCUT2D eigenvalue weighted by Gasteiger charge is -2.01. The lowest BCUT2D eigenvalue weighted by atomic mass is 10.2. The summed E-state index contributed by atoms with van der Waals surface area (Å²) >= 11 is 0. The van der Waals surface area contributed by atoms with Gasteiger partial charge in [0.1, 0.15) is 5.75 Å². The van der Waals surface area contributed by atoms with Crippen LogP contribution in [0.2, 0.25) is 0 Å². The highest BCUT2D eigenvalue weighted by atomic mass is 16.5. The van der Waals surface area contributed by atoms with Crippen LogP contribution in [0.3, 0.4) is 0 Å². The Hall–Kier alpha value is -3.15. The van der Waals surface area contributed by atoms with Crippen LogP contribution < -0.4 is 5.32 Å². The van der Waals surface area contributed by atoms with Gasteiger partial charge in [-0.2, -0.15) is 4.98 Å². The average molecular weight is 281 g/mol. The smallest absolute Gasteiger partial charge is 0.316 e. The molecule has 21 heavy (non-hydrogen) atoms. The molecule has 0 aliphatic heterocycles. The fourth-order valence-electron chi connectivity index (χ4n) is 1.75. The number of aromatic hydroxyl groups is 1. The van der Waals surface area contributed by atoms with E-state index in [-0.39, 0.29) is 11.6 Å². The van der Waals surface area contributed by atoms with Crippen molar-refractivity contribution in [1.29, 1.82) is 0 Å². The van der Waals surface area contributed by atoms with Crippen molar-refractivity contribution in [2.24, 2.45) is 0 Å². The molecule has 6 heteroatoms. The minimum atomic E-state index is -0.504. The minimum Gasteiger partial charge on any atom is -0.508 e. The number of nitrogens with one attached hydrogen (secondary N) is 1. The number of aromatic nitrogens is 2. The Labute approximate surface area is 120 Å². The minimum absolute atomic E-state index is 0.122. The number of carbonyl (C=O) groups is 1. The van der Waals surface area contributed by atoms with Crippen molar-refractivity contribution in [2.45, 2.75) is 0 Å². The van der Waals surface area contributed by atoms with Gasteiger partial charge in [-0.05, 0) is 24.3 Å². The van der Waals surface area contributed by atoms with Crippen LogP contribution in [0.25, 0.3) is 11.4 Å². The zero-order chi connectivity index (χ0) is 14.7. The Kier molecular flexibility index (Phi) is 3.34. The van der Waals surface area contributed by atoms with Crippen LogP contribution in [-0.2, 0) is 0 Å². The zero-order valence-corrected chi connectivity index (χ0v) is 10.9. The van der Waals surface area contributed by atoms with E-state index in [1.165, 1.54) is 12.1 Å². The van der Waals surface area contributed by atoms with Crippen LogP contribution in [-0.4, -0.2) is 21.2 Å². The van der Waals surface area contributed by atoms with E-state index in [1.54, 1.807) is 12.1 Å². The van der Waals surface area contributed by atoms with Gasteiger partial charge < -0.3 is 14.9 Å². The van der Waals surface area contributed by atoms with E-state index in [9.17, 15) is 9.90 Å². The predicted molar refractivity (Wildman–Crippen MR) is 75.8 cm³/mol. The van der Waals surface area contributed by atoms with Crippen LogP contribution in [0.1, 0.15) is 10.7 Å². The molecule has 0 spiro atoms. The highest BCUT2D eigenvalue weighted by molar-refractivity contribution is 6.01. The van der Waals surface area contributed by atoms with E-state index < -0.39 is 5.91 Å². The third kappa shape index (κ3) is 2.89. The van der Waals surface area contributed by atoms with Crippen LogP contribution >= 0.6 is 0 Å². The van der Waals surface area contributed by atoms with Crippen LogP contribution in [0.4, 0.5) is 5.69 Å². The number of carbonyl (C=O) groups excluding carboxylic acids is 1. The lowest BCUT2D eigenvalue weighted by Crippen LogP contribution is -2.12. The van der Waals surface area contributed by atoms with Crippen molar-refractivity contribution < 1.29 is 14.4 Å². The summed E-state index contributed by atoms with van der Waals surface area (Å²) in [4.78, 5) is 16.0. The number of phenols is 1. The van der Waals surface area contributed by atoms with Crippen molar-refractivity contribution in [1.82, 2.24) is 10.1 Å². The van der Waals surface area contributed by atoms with Crippen LogP contribution in [0.5, 0.6) is 5.75 Å². The first kappa shape index (κ1) is 12.9. The maximum Gasteiger partial charge on any atom is 0.316 e. The Balaban J connectivity index is 1.77. The molecule has 1 aromatic heterocycles. The quantitative estimate of drug-likeness (QED) is 0.720. The van der Waals surface area contributed by atoms with E-state index >= 15 is 0 Å². The Morgan fingerprint density at radius 3 is 2.48 bits per heavy atom. The Bertz CT molecular complexity index is 751. The molecule has 3 aromatic rings. The predicted octanol–water partition coefficient (Wildman–Crippen LogP) is 2.69. The fourth-order valence-corrected chi connectivity index (χ4v) is 1.75. The maximum absolute atomic E-state index is 12.0. The van der Waals surface area contributed by atoms with Gasteiger partial charge in [0, 0.05) is 11.3 Å². The SMILES string of the molecule is O=C(Nc1ccc(O)cc1)c1nc(-c2ccccc2)no1. The Morgan fingerprint density at radius 2 is 1.76 bits per heavy atom. The molecule has 104 valence electrons. The van der Waals surface area contributed by atoms with E-state index in [0.29, 0.717) is 11.5 Å². The second-order valence-electron chi connectivity index (χ2n) is 4.29. The highest BCUT2D eigenvalue weighted by Crippen LogP contribution is 2.17. The number of amides is 1. The van der Waals surface area contributed by atoms with Crippen molar-refractivity contribution in [3.05, 3.63) is 60.5 Å². The average Bonchev–Trinajstić information content (AvgIpc) is 3.00. The summed E-state index contributed by atoms with van der Waals surface area (Å²) in [5, 5.41) is 15.6. The van der Waals surface area contributed by atoms with Gasteiger partial charge in [0.2, 0.25) is 5.82 Å². The van der Waals surface area contributed by atoms with Crippen molar-refractivity contribution in [3.63, 3.8) is 0 Å². The molecule has 0 atom stereocenters. The molecule has 0 fully saturated rings. The largest absolute Gasteiger partial charge is 0.508 e. The lowest BCUT2D eigenvalue weighted by molar-refractivity contribution is 0.0981. The number of anilines is 1. The van der Waals surface area contributed by atoms with Gasteiger partial charge in [0.25, 0.3) is 0 Å². The molecule has 0 saturated heterocycles. The van der Waals surface area contributed by atoms with E-state index in [2.05, 4.69) is 15.5 Å². The Morgan fingerprint density at radius 1 is 1.05 bits per heavy atom. The van der Waals surface area contributed by atoms with Crippen molar-refractivity contribution >= 4 is 11.6 Å². The van der Waals surface area contributed by atoms with Gasteiger partial charge in [0.05, 0.1) is 0 Å². The van der Waals surface area contributed by atoms with Crippen LogP contribution in [0, 0.1) is 0 Å². The monoisotopic (exact) mass is 281 g/mol. The van der Waals surface area contributed by atoms with Gasteiger partial charge in [-0.25, -0.2) is 0 Å². The molecule has 0 radical (unpaired) electrons. The zero-order valence-electron chi connectivity index (χ0n) is 10.9. The van der Waals surface area contributed by atoms with E-state index in [0.717, 1.165) is 5.56 Å². The molecule has 0 aliphatic rings. The molecule has 0 bridgehead atoms. The molecule has 1 amide bonds. The van der Waals surface area contributed by atoms with Gasteiger partial charge in [-0.3, -0.25) is 4.79 Å². The number of rotatable bonds is 3. The highest BCUT2D eigenvalue weighted by Gasteiger charge is 2.16. The third-order valence-corrected chi connectivity index (χ3v) is 2.78. The summed E-state index contributed by atoms with van der Waals surface area (Å²) in [5.74, 6) is -0.152. The second-order valence-corrected chi connectivity index (χ2v) is 4.29. The fraction of sp³-hybridized carbons (Fsp3) is 0. The van der Waals surface area contributed by atoms with Crippen molar-refractivity contribution in [2.75, 3.05) is 5.32 Å². The van der Waals surface area contributed by atoms with E-state index in [1.807, 2.05) is 30.3 Å². The molecular formula is C15H11N3O3. The summed E-state index contributed by atoms with van der Waals surface area (Å²) in [6, 6.07) is 15.3. The number of phenolic OH excluding ortho intramolecular Hbond substituents is 1. The van der Waals surface area contributed by atoms with Crippen molar-refractivity contribution in [3.8, 4) is 17.1 Å². The molecule has 2 N–H and O–H groups in total. The first-order chi connectivity index (χ1) is 10.2. The number of benzene rings is 2. The van der Waals surface area contributed by atoms with Gasteiger partial charge in [-0.15, -0.1) is 0 Å². The number of hydrogen-bond donors (Lipinski definition) is 2. The van der Waals surface area contributed by atoms with Gasteiger partial charge in [0.15, 0.2) is 0 Å². The second kappa shape index (κ2) is 5.46. The maximum atomic E-state index is 12.0. The van der Waals surface area contributed by atoms with Gasteiger partial charge >= 0.3 is 11.8 Å². The molecule has 2 aromatic carbocycles. The number of hydrogen-bond acceptors (Lipinski definition) is 5. The van der Waals surface area contributed by atoms with Gasteiger partial charge in [-0.1, -0.05) is 35.5 Å². The first-order valence-electron chi connectivity index (χ1n) is 6.22. The van der Waals surface area contributed by atoms with Crippen LogP contribution in [0.15, 0.2) is 59.1 Å². The summed E-state index contributed by atoms with van der Waals surface area (Å²) in [6.07, 6.45) is 0. The standard InChI is InChI=1S/C15H11N3O3/c19-12-8-6-11(7-9-12)16-14(20)15-17-13(18-21-15)10-4-2-1-3-5-10/h1-9,19H,(H,16,20). The summed E-state index contributed by atoms with van der Waals surface area (Å²) < 4.78 is 4.95. The normalized spacial score (nSPS) is 10.3. The first-order valence-corrected chi connectivity index (χ1v) is 6.22. The molecule has 0 aliphatic carbocycles. The summed E-state index contributed by atoms with van der Waals surface area (Å²) in [7, 11) is 0. The summed E-state index contributed by atoms with van der Waals surface area (Å²) in [6.45, 7) is 0. The molecule has 3 rings (SSSR count). The topological polar surface area (TPSA) is 88.2 Å². The molecular weight excluding hydrogens is 270 g/mol. The molecule has 0 unspecified atom stereocenters.